The molecule has 3 aromatic heterocycles. The van der Waals surface area contributed by atoms with Gasteiger partial charge in [0.1, 0.15) is 25.8 Å². The predicted molar refractivity (Wildman–Crippen MR) is 152 cm³/mol. The van der Waals surface area contributed by atoms with Crippen LogP contribution in [-0.4, -0.2) is 54.0 Å². The van der Waals surface area contributed by atoms with Crippen molar-refractivity contribution in [3.8, 4) is 11.4 Å². The summed E-state index contributed by atoms with van der Waals surface area (Å²) in [7, 11) is -0.668. The number of anilines is 3. The number of nitrogens with one attached hydrogen (secondary N) is 1. The summed E-state index contributed by atoms with van der Waals surface area (Å²) < 4.78 is 17.7. The largest absolute Gasteiger partial charge is 0.370 e. The smallest absolute Gasteiger partial charge is 0.166 e. The lowest BCUT2D eigenvalue weighted by molar-refractivity contribution is 0.451. The highest BCUT2D eigenvalue weighted by Crippen LogP contribution is 2.37. The zero-order valence-corrected chi connectivity index (χ0v) is 23.2. The molecule has 4 heterocycles. The summed E-state index contributed by atoms with van der Waals surface area (Å²) in [6.07, 6.45) is 6.91. The van der Waals surface area contributed by atoms with Crippen molar-refractivity contribution >= 4 is 49.4 Å². The average molecular weight is 550 g/mol. The topological polar surface area (TPSA) is 106 Å². The van der Waals surface area contributed by atoms with E-state index in [9.17, 15) is 4.21 Å². The average Bonchev–Trinajstić information content (AvgIpc) is 3.18. The maximum atomic E-state index is 12.4. The summed E-state index contributed by atoms with van der Waals surface area (Å²) >= 11 is 6.24. The fourth-order valence-electron chi connectivity index (χ4n) is 4.82. The Bertz CT molecular complexity index is 1680. The van der Waals surface area contributed by atoms with E-state index in [1.54, 1.807) is 36.4 Å². The van der Waals surface area contributed by atoms with Gasteiger partial charge < -0.3 is 10.2 Å². The Morgan fingerprint density at radius 2 is 2.03 bits per heavy atom. The van der Waals surface area contributed by atoms with Crippen molar-refractivity contribution in [1.82, 2.24) is 24.7 Å². The van der Waals surface area contributed by atoms with Crippen molar-refractivity contribution < 1.29 is 4.21 Å². The van der Waals surface area contributed by atoms with Crippen LogP contribution in [0.2, 0.25) is 5.15 Å². The summed E-state index contributed by atoms with van der Waals surface area (Å²) in [6, 6.07) is 8.15. The molecule has 196 valence electrons. The zero-order chi connectivity index (χ0) is 27.0. The number of benzene rings is 1. The first-order valence-corrected chi connectivity index (χ1v) is 14.6. The molecular formula is C26H28ClN9OS. The number of pyridine rings is 1. The van der Waals surface area contributed by atoms with Crippen molar-refractivity contribution in [3.63, 3.8) is 0 Å². The van der Waals surface area contributed by atoms with E-state index in [1.807, 2.05) is 6.20 Å². The Balaban J connectivity index is 1.42. The highest BCUT2D eigenvalue weighted by atomic mass is 35.5. The minimum Gasteiger partial charge on any atom is -0.370 e. The third-order valence-electron chi connectivity index (χ3n) is 6.53. The first-order valence-electron chi connectivity index (χ1n) is 12.2. The number of rotatable bonds is 7. The number of fused-ring (bicyclic) bond motifs is 1. The van der Waals surface area contributed by atoms with Gasteiger partial charge in [-0.05, 0) is 35.1 Å². The second-order valence-corrected chi connectivity index (χ2v) is 12.7. The van der Waals surface area contributed by atoms with Crippen LogP contribution in [0.15, 0.2) is 47.3 Å². The normalized spacial score (nSPS) is 15.2. The fraction of sp³-hybridized carbons (Fsp3) is 0.346. The summed E-state index contributed by atoms with van der Waals surface area (Å²) in [6.45, 7) is 12.8. The quantitative estimate of drug-likeness (QED) is 0.246. The molecule has 0 unspecified atom stereocenters. The third kappa shape index (κ3) is 5.28. The van der Waals surface area contributed by atoms with Crippen LogP contribution in [-0.2, 0) is 16.8 Å². The Kier molecular flexibility index (Phi) is 6.94. The van der Waals surface area contributed by atoms with Gasteiger partial charge in [0, 0.05) is 67.7 Å². The number of aromatic nitrogens is 5. The van der Waals surface area contributed by atoms with Crippen LogP contribution in [0.3, 0.4) is 0 Å². The first kappa shape index (κ1) is 25.9. The number of nitrogens with zero attached hydrogens (tertiary/aromatic N) is 8. The summed E-state index contributed by atoms with van der Waals surface area (Å²) in [5.41, 5.74) is 2.98. The fourth-order valence-corrected chi connectivity index (χ4v) is 6.40. The van der Waals surface area contributed by atoms with Gasteiger partial charge in [-0.25, -0.2) is 19.2 Å². The van der Waals surface area contributed by atoms with Gasteiger partial charge in [-0.1, -0.05) is 31.5 Å². The number of halogens is 1. The molecule has 1 aromatic carbocycles. The molecule has 1 saturated heterocycles. The lowest BCUT2D eigenvalue weighted by atomic mass is 9.93. The molecule has 0 aliphatic carbocycles. The molecule has 1 aliphatic rings. The third-order valence-corrected chi connectivity index (χ3v) is 8.32. The van der Waals surface area contributed by atoms with E-state index >= 15 is 0 Å². The molecule has 12 heteroatoms. The molecule has 1 atom stereocenters. The van der Waals surface area contributed by atoms with Crippen LogP contribution >= 0.6 is 11.6 Å². The Labute approximate surface area is 227 Å². The minimum absolute atomic E-state index is 0.243. The van der Waals surface area contributed by atoms with Gasteiger partial charge >= 0.3 is 0 Å². The van der Waals surface area contributed by atoms with E-state index in [0.29, 0.717) is 39.8 Å². The van der Waals surface area contributed by atoms with Gasteiger partial charge in [-0.15, -0.1) is 4.95 Å². The van der Waals surface area contributed by atoms with Crippen LogP contribution in [0.5, 0.6) is 0 Å². The van der Waals surface area contributed by atoms with Gasteiger partial charge in [0.15, 0.2) is 11.0 Å². The molecule has 1 fully saturated rings. The van der Waals surface area contributed by atoms with Crippen LogP contribution in [0.1, 0.15) is 25.3 Å². The van der Waals surface area contributed by atoms with E-state index in [-0.39, 0.29) is 5.92 Å². The van der Waals surface area contributed by atoms with Crippen molar-refractivity contribution in [2.45, 2.75) is 19.8 Å². The molecule has 0 saturated carbocycles. The van der Waals surface area contributed by atoms with Crippen molar-refractivity contribution in [2.24, 2.45) is 17.4 Å². The summed E-state index contributed by atoms with van der Waals surface area (Å²) in [5.74, 6) is 2.75. The zero-order valence-electron chi connectivity index (χ0n) is 21.6. The first-order chi connectivity index (χ1) is 18.1. The molecule has 5 rings (SSSR count). The van der Waals surface area contributed by atoms with Crippen LogP contribution in [0, 0.1) is 12.5 Å². The van der Waals surface area contributed by atoms with E-state index in [0.717, 1.165) is 29.5 Å². The van der Waals surface area contributed by atoms with Crippen LogP contribution < -0.4 is 10.2 Å². The maximum absolute atomic E-state index is 12.4. The minimum atomic E-state index is -2.46. The summed E-state index contributed by atoms with van der Waals surface area (Å²) in [5, 5.41) is 9.99. The van der Waals surface area contributed by atoms with E-state index in [4.69, 9.17) is 23.2 Å². The standard InChI is InChI=1S/C26H28ClN9OS/c1-16(2)18-6-7-22(36-12-17(13-36)15-38(5,37)34-28-3)20-11-30-24(10-19(18)20)31-23-8-9-29-26(32-23)21-14-35(4)33-25(21)27/h6-11,14,16-17H,12-13,15H2,1-2,4-5H3,(H,29,30,31,32)/t38-/m0/s1. The SMILES string of the molecule is [C-]#[N+]N=[S@@](C)(=O)CC1CN(c2ccc(C(C)C)c3cc(Nc4ccnc(-c5cn(C)nc5Cl)n4)ncc23)C1. The van der Waals surface area contributed by atoms with Crippen LogP contribution in [0.25, 0.3) is 27.1 Å². The van der Waals surface area contributed by atoms with Crippen molar-refractivity contribution in [2.75, 3.05) is 35.3 Å². The molecule has 0 spiro atoms. The molecule has 1 aliphatic heterocycles. The van der Waals surface area contributed by atoms with Gasteiger partial charge in [0.2, 0.25) is 0 Å². The number of hydrogen-bond acceptors (Lipinski definition) is 8. The Morgan fingerprint density at radius 1 is 1.24 bits per heavy atom. The molecule has 0 bridgehead atoms. The highest BCUT2D eigenvalue weighted by Gasteiger charge is 2.31. The second-order valence-electron chi connectivity index (χ2n) is 9.92. The number of aryl methyl sites for hydroxylation is 1. The Hall–Kier alpha value is -3.75. The monoisotopic (exact) mass is 549 g/mol. The highest BCUT2D eigenvalue weighted by molar-refractivity contribution is 7.92. The molecule has 1 N–H and O–H groups in total. The second kappa shape index (κ2) is 10.2. The molecule has 0 amide bonds. The predicted octanol–water partition coefficient (Wildman–Crippen LogP) is 5.31. The van der Waals surface area contributed by atoms with Crippen LogP contribution in [0.4, 0.5) is 17.3 Å². The molecule has 4 aromatic rings. The van der Waals surface area contributed by atoms with E-state index in [1.165, 1.54) is 5.56 Å². The lowest BCUT2D eigenvalue weighted by Crippen LogP contribution is -2.49. The van der Waals surface area contributed by atoms with Gasteiger partial charge in [-0.3, -0.25) is 4.68 Å². The van der Waals surface area contributed by atoms with Gasteiger partial charge in [0.05, 0.1) is 5.56 Å². The van der Waals surface area contributed by atoms with Gasteiger partial charge in [-0.2, -0.15) is 11.7 Å². The van der Waals surface area contributed by atoms with Gasteiger partial charge in [0.25, 0.3) is 0 Å². The Morgan fingerprint density at radius 3 is 2.71 bits per heavy atom. The maximum Gasteiger partial charge on any atom is 0.166 e. The number of hydrogen-bond donors (Lipinski definition) is 1. The van der Waals surface area contributed by atoms with E-state index in [2.05, 4.69) is 66.8 Å². The molecule has 10 nitrogen and oxygen atoms in total. The molecule has 38 heavy (non-hydrogen) atoms. The molecular weight excluding hydrogens is 522 g/mol. The lowest BCUT2D eigenvalue weighted by Gasteiger charge is -2.41. The molecule has 0 radical (unpaired) electrons. The van der Waals surface area contributed by atoms with Crippen molar-refractivity contribution in [3.05, 3.63) is 65.1 Å². The van der Waals surface area contributed by atoms with E-state index < -0.39 is 9.73 Å². The van der Waals surface area contributed by atoms with Crippen molar-refractivity contribution in [1.29, 1.82) is 0 Å². The summed E-state index contributed by atoms with van der Waals surface area (Å²) in [4.78, 5) is 18.9.